The molecule has 106 valence electrons. The number of hydrogen-bond acceptors (Lipinski definition) is 4. The monoisotopic (exact) mass is 322 g/mol. The number of halogens is 5. The molecule has 0 bridgehead atoms. The summed E-state index contributed by atoms with van der Waals surface area (Å²) in [5, 5.41) is 9.58. The first kappa shape index (κ1) is 14.8. The molecule has 0 spiro atoms. The Morgan fingerprint density at radius 1 is 1.15 bits per heavy atom. The van der Waals surface area contributed by atoms with Crippen molar-refractivity contribution in [1.82, 2.24) is 15.2 Å². The Balaban J connectivity index is 2.13. The zero-order valence-corrected chi connectivity index (χ0v) is 11.3. The Hall–Kier alpha value is -1.60. The Morgan fingerprint density at radius 2 is 1.90 bits per heavy atom. The van der Waals surface area contributed by atoms with Crippen molar-refractivity contribution in [1.29, 1.82) is 0 Å². The minimum atomic E-state index is -4.38. The maximum absolute atomic E-state index is 12.6. The molecule has 2 rings (SSSR count). The maximum atomic E-state index is 12.6. The van der Waals surface area contributed by atoms with Gasteiger partial charge in [-0.15, -0.1) is 10.2 Å². The number of nitrogens with zero attached hydrogens (tertiary/aromatic N) is 3. The predicted octanol–water partition coefficient (Wildman–Crippen LogP) is 3.81. The highest BCUT2D eigenvalue weighted by molar-refractivity contribution is 6.32. The van der Waals surface area contributed by atoms with E-state index in [9.17, 15) is 13.2 Å². The first-order chi connectivity index (χ1) is 9.36. The molecular formula is C11H7Cl2F3N4. The first-order valence-corrected chi connectivity index (χ1v) is 6.07. The molecule has 4 nitrogen and oxygen atoms in total. The van der Waals surface area contributed by atoms with Crippen molar-refractivity contribution in [3.05, 3.63) is 45.8 Å². The van der Waals surface area contributed by atoms with Crippen LogP contribution in [0.25, 0.3) is 0 Å². The molecule has 1 N–H and O–H groups in total. The molecule has 1 heterocycles. The number of rotatable bonds is 3. The van der Waals surface area contributed by atoms with Gasteiger partial charge in [-0.2, -0.15) is 18.2 Å². The Bertz CT molecular complexity index is 619. The zero-order chi connectivity index (χ0) is 14.8. The number of hydrogen-bond donors (Lipinski definition) is 1. The molecule has 0 aliphatic heterocycles. The van der Waals surface area contributed by atoms with Crippen LogP contribution in [0.4, 0.5) is 19.0 Å². The van der Waals surface area contributed by atoms with Gasteiger partial charge in [-0.05, 0) is 29.3 Å². The van der Waals surface area contributed by atoms with Crippen LogP contribution in [0, 0.1) is 0 Å². The number of alkyl halides is 3. The average Bonchev–Trinajstić information content (AvgIpc) is 2.39. The quantitative estimate of drug-likeness (QED) is 0.933. The van der Waals surface area contributed by atoms with Crippen molar-refractivity contribution in [3.8, 4) is 0 Å². The zero-order valence-electron chi connectivity index (χ0n) is 9.75. The van der Waals surface area contributed by atoms with Crippen LogP contribution in [0.1, 0.15) is 11.1 Å². The normalized spacial score (nSPS) is 11.4. The summed E-state index contributed by atoms with van der Waals surface area (Å²) in [6.07, 6.45) is -4.38. The Labute approximate surface area is 121 Å². The summed E-state index contributed by atoms with van der Waals surface area (Å²) in [4.78, 5) is 3.79. The van der Waals surface area contributed by atoms with E-state index >= 15 is 0 Å². The molecule has 2 aromatic rings. The van der Waals surface area contributed by atoms with Crippen LogP contribution in [-0.4, -0.2) is 15.2 Å². The van der Waals surface area contributed by atoms with Crippen LogP contribution in [0.15, 0.2) is 24.3 Å². The lowest BCUT2D eigenvalue weighted by Gasteiger charge is -2.10. The van der Waals surface area contributed by atoms with Gasteiger partial charge in [0.2, 0.25) is 5.28 Å². The third kappa shape index (κ3) is 3.71. The van der Waals surface area contributed by atoms with E-state index in [-0.39, 0.29) is 22.8 Å². The van der Waals surface area contributed by atoms with Crippen LogP contribution < -0.4 is 5.32 Å². The number of nitrogens with one attached hydrogen (secondary N) is 1. The SMILES string of the molecule is FC(F)(F)c1cccc(CNc2nc(Cl)nnc2Cl)c1. The lowest BCUT2D eigenvalue weighted by Crippen LogP contribution is -2.08. The molecule has 0 aliphatic rings. The van der Waals surface area contributed by atoms with Gasteiger partial charge in [0.05, 0.1) is 5.56 Å². The second-order valence-corrected chi connectivity index (χ2v) is 4.47. The topological polar surface area (TPSA) is 50.7 Å². The second kappa shape index (κ2) is 5.80. The van der Waals surface area contributed by atoms with Crippen LogP contribution in [0.2, 0.25) is 10.4 Å². The Morgan fingerprint density at radius 3 is 2.60 bits per heavy atom. The Kier molecular flexibility index (Phi) is 4.29. The van der Waals surface area contributed by atoms with E-state index in [1.807, 2.05) is 0 Å². The molecule has 0 saturated heterocycles. The third-order valence-corrected chi connectivity index (χ3v) is 2.75. The summed E-state index contributed by atoms with van der Waals surface area (Å²) in [6.45, 7) is 0.0959. The molecule has 0 saturated carbocycles. The van der Waals surface area contributed by atoms with Gasteiger partial charge in [-0.1, -0.05) is 23.7 Å². The molecule has 0 radical (unpaired) electrons. The van der Waals surface area contributed by atoms with E-state index in [1.54, 1.807) is 6.07 Å². The van der Waals surface area contributed by atoms with Gasteiger partial charge < -0.3 is 5.32 Å². The van der Waals surface area contributed by atoms with Crippen LogP contribution in [0.5, 0.6) is 0 Å². The van der Waals surface area contributed by atoms with Gasteiger partial charge in [-0.3, -0.25) is 0 Å². The number of anilines is 1. The summed E-state index contributed by atoms with van der Waals surface area (Å²) >= 11 is 11.3. The highest BCUT2D eigenvalue weighted by Crippen LogP contribution is 2.29. The fourth-order valence-electron chi connectivity index (χ4n) is 1.45. The molecule has 0 amide bonds. The number of aromatic nitrogens is 3. The van der Waals surface area contributed by atoms with Gasteiger partial charge in [-0.25, -0.2) is 0 Å². The minimum Gasteiger partial charge on any atom is -0.363 e. The molecule has 0 aliphatic carbocycles. The molecule has 0 atom stereocenters. The molecule has 0 fully saturated rings. The highest BCUT2D eigenvalue weighted by atomic mass is 35.5. The molecule has 1 aromatic carbocycles. The molecular weight excluding hydrogens is 316 g/mol. The molecule has 9 heteroatoms. The fourth-order valence-corrected chi connectivity index (χ4v) is 1.72. The van der Waals surface area contributed by atoms with Crippen LogP contribution >= 0.6 is 23.2 Å². The summed E-state index contributed by atoms with van der Waals surface area (Å²) in [7, 11) is 0. The van der Waals surface area contributed by atoms with Crippen molar-refractivity contribution in [2.45, 2.75) is 12.7 Å². The van der Waals surface area contributed by atoms with E-state index in [0.717, 1.165) is 12.1 Å². The predicted molar refractivity (Wildman–Crippen MR) is 68.6 cm³/mol. The van der Waals surface area contributed by atoms with Crippen molar-refractivity contribution in [2.75, 3.05) is 5.32 Å². The standard InChI is InChI=1S/C11H7Cl2F3N4/c12-8-9(18-10(13)20-19-8)17-5-6-2-1-3-7(4-6)11(14,15)16/h1-4H,5H2,(H,17,18,20). The van der Waals surface area contributed by atoms with Crippen LogP contribution in [0.3, 0.4) is 0 Å². The van der Waals surface area contributed by atoms with E-state index in [0.29, 0.717) is 5.56 Å². The smallest absolute Gasteiger partial charge is 0.363 e. The lowest BCUT2D eigenvalue weighted by atomic mass is 10.1. The summed E-state index contributed by atoms with van der Waals surface area (Å²) in [5.74, 6) is 0.157. The third-order valence-electron chi connectivity index (χ3n) is 2.33. The van der Waals surface area contributed by atoms with Crippen LogP contribution in [-0.2, 0) is 12.7 Å². The van der Waals surface area contributed by atoms with E-state index in [2.05, 4.69) is 20.5 Å². The van der Waals surface area contributed by atoms with Gasteiger partial charge in [0.25, 0.3) is 0 Å². The summed E-state index contributed by atoms with van der Waals surface area (Å²) < 4.78 is 37.7. The lowest BCUT2D eigenvalue weighted by molar-refractivity contribution is -0.137. The van der Waals surface area contributed by atoms with Crippen molar-refractivity contribution in [3.63, 3.8) is 0 Å². The second-order valence-electron chi connectivity index (χ2n) is 3.77. The molecule has 0 unspecified atom stereocenters. The maximum Gasteiger partial charge on any atom is 0.416 e. The summed E-state index contributed by atoms with van der Waals surface area (Å²) in [5.41, 5.74) is -0.299. The van der Waals surface area contributed by atoms with Gasteiger partial charge in [0.1, 0.15) is 0 Å². The number of benzene rings is 1. The van der Waals surface area contributed by atoms with Gasteiger partial charge in [0, 0.05) is 6.54 Å². The summed E-state index contributed by atoms with van der Waals surface area (Å²) in [6, 6.07) is 4.91. The fraction of sp³-hybridized carbons (Fsp3) is 0.182. The largest absolute Gasteiger partial charge is 0.416 e. The van der Waals surface area contributed by atoms with E-state index in [4.69, 9.17) is 23.2 Å². The average molecular weight is 323 g/mol. The van der Waals surface area contributed by atoms with Crippen molar-refractivity contribution in [2.24, 2.45) is 0 Å². The molecule has 20 heavy (non-hydrogen) atoms. The van der Waals surface area contributed by atoms with Gasteiger partial charge in [0.15, 0.2) is 11.0 Å². The highest BCUT2D eigenvalue weighted by Gasteiger charge is 2.30. The van der Waals surface area contributed by atoms with Gasteiger partial charge >= 0.3 is 6.18 Å². The first-order valence-electron chi connectivity index (χ1n) is 5.32. The van der Waals surface area contributed by atoms with E-state index < -0.39 is 11.7 Å². The van der Waals surface area contributed by atoms with E-state index in [1.165, 1.54) is 6.07 Å². The van der Waals surface area contributed by atoms with Crippen molar-refractivity contribution < 1.29 is 13.2 Å². The van der Waals surface area contributed by atoms with Crippen molar-refractivity contribution >= 4 is 29.0 Å². The molecule has 1 aromatic heterocycles. The minimum absolute atomic E-state index is 0.0126.